The molecule has 0 spiro atoms. The number of aromatic nitrogens is 3. The van der Waals surface area contributed by atoms with Gasteiger partial charge in [-0.1, -0.05) is 37.1 Å². The standard InChI is InChI=1S/C19H24N4O3S/c1-23-17(10-13-7-8-15-16(9-13)26-12-25-15)21-22-19(23)27-11-18(24)20-14-5-3-2-4-6-14/h7-9,14H,2-6,10-12H2,1H3,(H,20,24). The first-order valence-corrected chi connectivity index (χ1v) is 10.4. The highest BCUT2D eigenvalue weighted by Crippen LogP contribution is 2.33. The number of ether oxygens (including phenoxy) is 2. The van der Waals surface area contributed by atoms with Crippen molar-refractivity contribution in [3.05, 3.63) is 29.6 Å². The SMILES string of the molecule is Cn1c(Cc2ccc3c(c2)OCO3)nnc1SCC(=O)NC1CCCCC1. The summed E-state index contributed by atoms with van der Waals surface area (Å²) in [6.07, 6.45) is 6.55. The maximum absolute atomic E-state index is 12.2. The van der Waals surface area contributed by atoms with Crippen LogP contribution in [0.1, 0.15) is 43.5 Å². The quantitative estimate of drug-likeness (QED) is 0.767. The van der Waals surface area contributed by atoms with Crippen LogP contribution in [-0.2, 0) is 18.3 Å². The van der Waals surface area contributed by atoms with Crippen LogP contribution >= 0.6 is 11.8 Å². The summed E-state index contributed by atoms with van der Waals surface area (Å²) < 4.78 is 12.7. The van der Waals surface area contributed by atoms with Crippen LogP contribution in [0, 0.1) is 0 Å². The zero-order valence-corrected chi connectivity index (χ0v) is 16.3. The molecule has 1 aliphatic heterocycles. The molecule has 144 valence electrons. The van der Waals surface area contributed by atoms with E-state index in [4.69, 9.17) is 9.47 Å². The second kappa shape index (κ2) is 8.21. The van der Waals surface area contributed by atoms with E-state index in [-0.39, 0.29) is 12.7 Å². The summed E-state index contributed by atoms with van der Waals surface area (Å²) in [4.78, 5) is 12.2. The number of carbonyl (C=O) groups excluding carboxylic acids is 1. The molecule has 27 heavy (non-hydrogen) atoms. The molecule has 1 saturated carbocycles. The summed E-state index contributed by atoms with van der Waals surface area (Å²) in [7, 11) is 1.93. The average molecular weight is 388 g/mol. The molecule has 7 nitrogen and oxygen atoms in total. The number of amides is 1. The van der Waals surface area contributed by atoms with Crippen LogP contribution in [0.15, 0.2) is 23.4 Å². The molecule has 1 fully saturated rings. The van der Waals surface area contributed by atoms with E-state index < -0.39 is 0 Å². The average Bonchev–Trinajstić information content (AvgIpc) is 3.28. The topological polar surface area (TPSA) is 78.3 Å². The maximum Gasteiger partial charge on any atom is 0.231 e. The third kappa shape index (κ3) is 4.37. The molecule has 1 aromatic carbocycles. The molecule has 2 aliphatic rings. The first-order chi connectivity index (χ1) is 13.2. The van der Waals surface area contributed by atoms with Crippen LogP contribution in [0.25, 0.3) is 0 Å². The number of benzene rings is 1. The highest BCUT2D eigenvalue weighted by Gasteiger charge is 2.18. The van der Waals surface area contributed by atoms with Crippen molar-refractivity contribution in [1.82, 2.24) is 20.1 Å². The number of fused-ring (bicyclic) bond motifs is 1. The van der Waals surface area contributed by atoms with Crippen LogP contribution in [0.2, 0.25) is 0 Å². The number of nitrogens with one attached hydrogen (secondary N) is 1. The van der Waals surface area contributed by atoms with E-state index in [0.29, 0.717) is 18.2 Å². The van der Waals surface area contributed by atoms with Crippen molar-refractivity contribution in [1.29, 1.82) is 0 Å². The van der Waals surface area contributed by atoms with Crippen molar-refractivity contribution in [2.45, 2.75) is 49.7 Å². The van der Waals surface area contributed by atoms with Gasteiger partial charge in [-0.15, -0.1) is 10.2 Å². The molecular weight excluding hydrogens is 364 g/mol. The van der Waals surface area contributed by atoms with Crippen LogP contribution in [0.3, 0.4) is 0 Å². The fourth-order valence-electron chi connectivity index (χ4n) is 3.50. The Kier molecular flexibility index (Phi) is 5.52. The summed E-state index contributed by atoms with van der Waals surface area (Å²) in [6.45, 7) is 0.270. The normalized spacial score (nSPS) is 16.5. The largest absolute Gasteiger partial charge is 0.454 e. The Morgan fingerprint density at radius 1 is 1.22 bits per heavy atom. The van der Waals surface area contributed by atoms with Crippen molar-refractivity contribution in [2.75, 3.05) is 12.5 Å². The molecule has 0 saturated heterocycles. The highest BCUT2D eigenvalue weighted by atomic mass is 32.2. The van der Waals surface area contributed by atoms with Crippen molar-refractivity contribution in [2.24, 2.45) is 7.05 Å². The summed E-state index contributed by atoms with van der Waals surface area (Å²) in [5.74, 6) is 2.84. The number of hydrogen-bond acceptors (Lipinski definition) is 6. The fraction of sp³-hybridized carbons (Fsp3) is 0.526. The highest BCUT2D eigenvalue weighted by molar-refractivity contribution is 7.99. The van der Waals surface area contributed by atoms with Gasteiger partial charge in [0.15, 0.2) is 16.7 Å². The first-order valence-electron chi connectivity index (χ1n) is 9.38. The summed E-state index contributed by atoms with van der Waals surface area (Å²) >= 11 is 1.43. The van der Waals surface area contributed by atoms with Crippen molar-refractivity contribution < 1.29 is 14.3 Å². The lowest BCUT2D eigenvalue weighted by Crippen LogP contribution is -2.37. The number of nitrogens with zero attached hydrogens (tertiary/aromatic N) is 3. The Hall–Kier alpha value is -2.22. The predicted molar refractivity (Wildman–Crippen MR) is 102 cm³/mol. The van der Waals surface area contributed by atoms with Crippen molar-refractivity contribution in [3.63, 3.8) is 0 Å². The maximum atomic E-state index is 12.2. The van der Waals surface area contributed by atoms with Crippen LogP contribution in [0.4, 0.5) is 0 Å². The van der Waals surface area contributed by atoms with Crippen LogP contribution in [0.5, 0.6) is 11.5 Å². The zero-order valence-electron chi connectivity index (χ0n) is 15.4. The van der Waals surface area contributed by atoms with Gasteiger partial charge in [-0.3, -0.25) is 4.79 Å². The van der Waals surface area contributed by atoms with Gasteiger partial charge < -0.3 is 19.4 Å². The van der Waals surface area contributed by atoms with Gasteiger partial charge in [-0.2, -0.15) is 0 Å². The molecule has 1 amide bonds. The van der Waals surface area contributed by atoms with Gasteiger partial charge in [-0.25, -0.2) is 0 Å². The summed E-state index contributed by atoms with van der Waals surface area (Å²) in [6, 6.07) is 6.24. The summed E-state index contributed by atoms with van der Waals surface area (Å²) in [5.41, 5.74) is 1.08. The van der Waals surface area contributed by atoms with E-state index >= 15 is 0 Å². The molecule has 2 heterocycles. The van der Waals surface area contributed by atoms with Crippen LogP contribution in [-0.4, -0.2) is 39.3 Å². The van der Waals surface area contributed by atoms with E-state index in [2.05, 4.69) is 15.5 Å². The third-order valence-corrected chi connectivity index (χ3v) is 6.05. The summed E-state index contributed by atoms with van der Waals surface area (Å²) in [5, 5.41) is 12.4. The Morgan fingerprint density at radius 3 is 2.89 bits per heavy atom. The van der Waals surface area contributed by atoms with Gasteiger partial charge in [0.2, 0.25) is 12.7 Å². The lowest BCUT2D eigenvalue weighted by atomic mass is 9.95. The van der Waals surface area contributed by atoms with Gasteiger partial charge in [0.1, 0.15) is 5.82 Å². The lowest BCUT2D eigenvalue weighted by Gasteiger charge is -2.22. The van der Waals surface area contributed by atoms with E-state index in [1.54, 1.807) is 0 Å². The Bertz CT molecular complexity index is 817. The molecule has 4 rings (SSSR count). The van der Waals surface area contributed by atoms with E-state index in [0.717, 1.165) is 40.9 Å². The minimum atomic E-state index is 0.0761. The van der Waals surface area contributed by atoms with Gasteiger partial charge >= 0.3 is 0 Å². The molecule has 0 bridgehead atoms. The minimum Gasteiger partial charge on any atom is -0.454 e. The van der Waals surface area contributed by atoms with E-state index in [1.807, 2.05) is 29.8 Å². The monoisotopic (exact) mass is 388 g/mol. The Morgan fingerprint density at radius 2 is 2.04 bits per heavy atom. The van der Waals surface area contributed by atoms with E-state index in [9.17, 15) is 4.79 Å². The molecule has 0 unspecified atom stereocenters. The zero-order chi connectivity index (χ0) is 18.6. The molecular formula is C19H24N4O3S. The predicted octanol–water partition coefficient (Wildman–Crippen LogP) is 2.68. The van der Waals surface area contributed by atoms with Gasteiger partial charge in [0, 0.05) is 19.5 Å². The Balaban J connectivity index is 1.32. The van der Waals surface area contributed by atoms with Crippen molar-refractivity contribution >= 4 is 17.7 Å². The van der Waals surface area contributed by atoms with Gasteiger partial charge in [0.25, 0.3) is 0 Å². The van der Waals surface area contributed by atoms with Gasteiger partial charge in [-0.05, 0) is 30.5 Å². The smallest absolute Gasteiger partial charge is 0.231 e. The second-order valence-electron chi connectivity index (χ2n) is 7.01. The molecule has 0 atom stereocenters. The fourth-order valence-corrected chi connectivity index (χ4v) is 4.25. The van der Waals surface area contributed by atoms with Crippen molar-refractivity contribution in [3.8, 4) is 11.5 Å². The molecule has 2 aromatic rings. The second-order valence-corrected chi connectivity index (χ2v) is 7.96. The van der Waals surface area contributed by atoms with Gasteiger partial charge in [0.05, 0.1) is 5.75 Å². The van der Waals surface area contributed by atoms with Crippen LogP contribution < -0.4 is 14.8 Å². The lowest BCUT2D eigenvalue weighted by molar-refractivity contribution is -0.119. The molecule has 1 N–H and O–H groups in total. The number of rotatable bonds is 6. The van der Waals surface area contributed by atoms with E-state index in [1.165, 1.54) is 31.0 Å². The molecule has 8 heteroatoms. The number of hydrogen-bond donors (Lipinski definition) is 1. The first kappa shape index (κ1) is 18.2. The molecule has 0 radical (unpaired) electrons. The molecule has 1 aliphatic carbocycles. The Labute approximate surface area is 162 Å². The minimum absolute atomic E-state index is 0.0761. The third-order valence-electron chi connectivity index (χ3n) is 5.03. The number of carbonyl (C=O) groups is 1. The molecule has 1 aromatic heterocycles. The number of thioether (sulfide) groups is 1.